The Kier molecular flexibility index (Phi) is 4.41. The van der Waals surface area contributed by atoms with Gasteiger partial charge in [-0.05, 0) is 29.2 Å². The average Bonchev–Trinajstić information content (AvgIpc) is 2.42. The summed E-state index contributed by atoms with van der Waals surface area (Å²) in [5, 5.41) is -0.242. The van der Waals surface area contributed by atoms with Gasteiger partial charge in [-0.1, -0.05) is 49.7 Å². The minimum absolute atomic E-state index is 0.101. The van der Waals surface area contributed by atoms with Crippen LogP contribution in [0.4, 0.5) is 8.78 Å². The van der Waals surface area contributed by atoms with Crippen molar-refractivity contribution in [3.63, 3.8) is 0 Å². The van der Waals surface area contributed by atoms with Gasteiger partial charge in [-0.25, -0.2) is 8.78 Å². The molecule has 0 aliphatic rings. The standard InChI is InChI=1S/C16H16ClF2N/c1-9(2)10-3-5-11(6-4-10)16(20)12-7-15(19)13(17)8-14(12)18/h3-9,16H,20H2,1-2H3. The molecule has 2 aromatic rings. The van der Waals surface area contributed by atoms with Crippen LogP contribution in [0.15, 0.2) is 36.4 Å². The van der Waals surface area contributed by atoms with Gasteiger partial charge in [0.15, 0.2) is 0 Å². The Morgan fingerprint density at radius 1 is 0.950 bits per heavy atom. The van der Waals surface area contributed by atoms with Gasteiger partial charge in [-0.15, -0.1) is 0 Å². The smallest absolute Gasteiger partial charge is 0.142 e. The summed E-state index contributed by atoms with van der Waals surface area (Å²) in [4.78, 5) is 0. The molecule has 2 aromatic carbocycles. The lowest BCUT2D eigenvalue weighted by atomic mass is 9.95. The van der Waals surface area contributed by atoms with Gasteiger partial charge in [-0.3, -0.25) is 0 Å². The van der Waals surface area contributed by atoms with Crippen LogP contribution in [-0.4, -0.2) is 0 Å². The first kappa shape index (κ1) is 14.9. The molecule has 0 fully saturated rings. The van der Waals surface area contributed by atoms with E-state index in [-0.39, 0.29) is 10.6 Å². The Morgan fingerprint density at radius 3 is 2.05 bits per heavy atom. The van der Waals surface area contributed by atoms with Gasteiger partial charge in [0.25, 0.3) is 0 Å². The SMILES string of the molecule is CC(C)c1ccc(C(N)c2cc(F)c(Cl)cc2F)cc1. The fourth-order valence-electron chi connectivity index (χ4n) is 2.04. The molecule has 0 amide bonds. The largest absolute Gasteiger partial charge is 0.320 e. The van der Waals surface area contributed by atoms with Gasteiger partial charge in [-0.2, -0.15) is 0 Å². The van der Waals surface area contributed by atoms with Crippen LogP contribution >= 0.6 is 11.6 Å². The van der Waals surface area contributed by atoms with E-state index in [1.807, 2.05) is 24.3 Å². The molecule has 0 aliphatic heterocycles. The molecule has 0 radical (unpaired) electrons. The van der Waals surface area contributed by atoms with Crippen molar-refractivity contribution in [1.29, 1.82) is 0 Å². The minimum Gasteiger partial charge on any atom is -0.320 e. The third-order valence-corrected chi connectivity index (χ3v) is 3.63. The number of halogens is 3. The van der Waals surface area contributed by atoms with E-state index in [9.17, 15) is 8.78 Å². The molecule has 0 spiro atoms. The molecule has 1 nitrogen and oxygen atoms in total. The molecule has 106 valence electrons. The Bertz CT molecular complexity index is 609. The summed E-state index contributed by atoms with van der Waals surface area (Å²) in [6.45, 7) is 4.17. The van der Waals surface area contributed by atoms with Crippen LogP contribution in [0.1, 0.15) is 42.5 Å². The second-order valence-electron chi connectivity index (χ2n) is 5.09. The number of nitrogens with two attached hydrogens (primary N) is 1. The van der Waals surface area contributed by atoms with E-state index in [4.69, 9.17) is 17.3 Å². The van der Waals surface area contributed by atoms with E-state index in [0.717, 1.165) is 17.7 Å². The van der Waals surface area contributed by atoms with Crippen molar-refractivity contribution in [3.8, 4) is 0 Å². The first-order valence-electron chi connectivity index (χ1n) is 6.40. The van der Waals surface area contributed by atoms with E-state index in [1.54, 1.807) is 0 Å². The predicted octanol–water partition coefficient (Wildman–Crippen LogP) is 4.79. The lowest BCUT2D eigenvalue weighted by molar-refractivity contribution is 0.577. The lowest BCUT2D eigenvalue weighted by Gasteiger charge is -2.15. The van der Waals surface area contributed by atoms with Crippen molar-refractivity contribution in [3.05, 3.63) is 69.7 Å². The highest BCUT2D eigenvalue weighted by atomic mass is 35.5. The van der Waals surface area contributed by atoms with Gasteiger partial charge in [0, 0.05) is 5.56 Å². The van der Waals surface area contributed by atoms with Crippen molar-refractivity contribution < 1.29 is 8.78 Å². The second kappa shape index (κ2) is 5.90. The van der Waals surface area contributed by atoms with E-state index in [1.165, 1.54) is 5.56 Å². The van der Waals surface area contributed by atoms with Gasteiger partial charge in [0.2, 0.25) is 0 Å². The van der Waals surface area contributed by atoms with E-state index in [0.29, 0.717) is 5.92 Å². The van der Waals surface area contributed by atoms with Crippen LogP contribution in [-0.2, 0) is 0 Å². The number of benzene rings is 2. The molecule has 20 heavy (non-hydrogen) atoms. The molecule has 1 atom stereocenters. The van der Waals surface area contributed by atoms with Gasteiger partial charge in [0.1, 0.15) is 11.6 Å². The van der Waals surface area contributed by atoms with Crippen LogP contribution in [0, 0.1) is 11.6 Å². The number of hydrogen-bond acceptors (Lipinski definition) is 1. The van der Waals surface area contributed by atoms with Crippen molar-refractivity contribution in [2.45, 2.75) is 25.8 Å². The Balaban J connectivity index is 2.36. The zero-order chi connectivity index (χ0) is 14.9. The minimum atomic E-state index is -0.719. The third kappa shape index (κ3) is 3.00. The normalized spacial score (nSPS) is 12.8. The summed E-state index contributed by atoms with van der Waals surface area (Å²) in [6.07, 6.45) is 0. The molecule has 0 aromatic heterocycles. The molecule has 1 unspecified atom stereocenters. The van der Waals surface area contributed by atoms with Gasteiger partial charge >= 0.3 is 0 Å². The van der Waals surface area contributed by atoms with Crippen LogP contribution < -0.4 is 5.73 Å². The Hall–Kier alpha value is -1.45. The highest BCUT2D eigenvalue weighted by molar-refractivity contribution is 6.30. The van der Waals surface area contributed by atoms with Crippen LogP contribution in [0.25, 0.3) is 0 Å². The van der Waals surface area contributed by atoms with E-state index < -0.39 is 17.7 Å². The first-order chi connectivity index (χ1) is 9.40. The van der Waals surface area contributed by atoms with E-state index in [2.05, 4.69) is 13.8 Å². The lowest BCUT2D eigenvalue weighted by Crippen LogP contribution is -2.14. The molecule has 0 saturated carbocycles. The fourth-order valence-corrected chi connectivity index (χ4v) is 2.19. The maximum absolute atomic E-state index is 13.8. The highest BCUT2D eigenvalue weighted by Gasteiger charge is 2.16. The second-order valence-corrected chi connectivity index (χ2v) is 5.49. The van der Waals surface area contributed by atoms with Crippen molar-refractivity contribution in [1.82, 2.24) is 0 Å². The third-order valence-electron chi connectivity index (χ3n) is 3.34. The molecule has 0 saturated heterocycles. The van der Waals surface area contributed by atoms with Crippen LogP contribution in [0.5, 0.6) is 0 Å². The molecule has 0 heterocycles. The predicted molar refractivity (Wildman–Crippen MR) is 77.9 cm³/mol. The van der Waals surface area contributed by atoms with Crippen LogP contribution in [0.3, 0.4) is 0 Å². The van der Waals surface area contributed by atoms with Crippen molar-refractivity contribution in [2.75, 3.05) is 0 Å². The van der Waals surface area contributed by atoms with Gasteiger partial charge in [0.05, 0.1) is 11.1 Å². The van der Waals surface area contributed by atoms with Crippen molar-refractivity contribution in [2.24, 2.45) is 5.73 Å². The summed E-state index contributed by atoms with van der Waals surface area (Å²) in [5.41, 5.74) is 8.02. The molecule has 4 heteroatoms. The molecular weight excluding hydrogens is 280 g/mol. The van der Waals surface area contributed by atoms with Gasteiger partial charge < -0.3 is 5.73 Å². The van der Waals surface area contributed by atoms with E-state index >= 15 is 0 Å². The number of hydrogen-bond donors (Lipinski definition) is 1. The maximum Gasteiger partial charge on any atom is 0.142 e. The monoisotopic (exact) mass is 295 g/mol. The molecule has 2 N–H and O–H groups in total. The molecule has 0 aliphatic carbocycles. The topological polar surface area (TPSA) is 26.0 Å². The average molecular weight is 296 g/mol. The summed E-state index contributed by atoms with van der Waals surface area (Å²) in [6, 6.07) is 8.86. The molecular formula is C16H16ClF2N. The molecule has 0 bridgehead atoms. The first-order valence-corrected chi connectivity index (χ1v) is 6.78. The quantitative estimate of drug-likeness (QED) is 0.810. The Morgan fingerprint density at radius 2 is 1.50 bits per heavy atom. The zero-order valence-electron chi connectivity index (χ0n) is 11.3. The zero-order valence-corrected chi connectivity index (χ0v) is 12.1. The van der Waals surface area contributed by atoms with Crippen LogP contribution in [0.2, 0.25) is 5.02 Å². The fraction of sp³-hybridized carbons (Fsp3) is 0.250. The van der Waals surface area contributed by atoms with Crippen molar-refractivity contribution >= 4 is 11.6 Å². The highest BCUT2D eigenvalue weighted by Crippen LogP contribution is 2.27. The molecule has 2 rings (SSSR count). The summed E-state index contributed by atoms with van der Waals surface area (Å²) < 4.78 is 27.3. The Labute approximate surface area is 122 Å². The maximum atomic E-state index is 13.8. The summed E-state index contributed by atoms with van der Waals surface area (Å²) in [5.74, 6) is -0.862. The number of rotatable bonds is 3. The summed E-state index contributed by atoms with van der Waals surface area (Å²) in [7, 11) is 0. The summed E-state index contributed by atoms with van der Waals surface area (Å²) >= 11 is 5.54.